The molecule has 0 saturated carbocycles. The Kier molecular flexibility index (Phi) is 6.57. The zero-order valence-corrected chi connectivity index (χ0v) is 11.1. The Morgan fingerprint density at radius 1 is 1.16 bits per heavy atom. The van der Waals surface area contributed by atoms with Crippen molar-refractivity contribution in [3.05, 3.63) is 39.9 Å². The number of hydrogen-bond acceptors (Lipinski definition) is 4. The molecule has 104 valence electrons. The van der Waals surface area contributed by atoms with Crippen LogP contribution < -0.4 is 0 Å². The first-order valence-corrected chi connectivity index (χ1v) is 6.43. The highest BCUT2D eigenvalue weighted by Crippen LogP contribution is 2.14. The van der Waals surface area contributed by atoms with Gasteiger partial charge in [-0.2, -0.15) is 0 Å². The summed E-state index contributed by atoms with van der Waals surface area (Å²) in [6.45, 7) is 0. The maximum Gasteiger partial charge on any atom is 0.305 e. The Balaban J connectivity index is 2.15. The van der Waals surface area contributed by atoms with Crippen LogP contribution in [0.5, 0.6) is 0 Å². The number of benzene rings is 1. The Labute approximate surface area is 112 Å². The molecule has 1 rings (SSSR count). The summed E-state index contributed by atoms with van der Waals surface area (Å²) in [7, 11) is 1.40. The van der Waals surface area contributed by atoms with Crippen LogP contribution in [0.15, 0.2) is 24.3 Å². The van der Waals surface area contributed by atoms with Gasteiger partial charge in [-0.25, -0.2) is 0 Å². The van der Waals surface area contributed by atoms with E-state index in [1.165, 1.54) is 19.2 Å². The number of nitro benzene ring substituents is 1. The molecule has 0 aromatic heterocycles. The van der Waals surface area contributed by atoms with Crippen LogP contribution in [-0.2, 0) is 16.0 Å². The Bertz CT molecular complexity index is 414. The first-order chi connectivity index (χ1) is 9.13. The molecule has 0 spiro atoms. The predicted molar refractivity (Wildman–Crippen MR) is 71.9 cm³/mol. The van der Waals surface area contributed by atoms with E-state index < -0.39 is 4.92 Å². The molecule has 0 amide bonds. The lowest BCUT2D eigenvalue weighted by Crippen LogP contribution is -1.99. The molecule has 0 heterocycles. The minimum atomic E-state index is -0.392. The van der Waals surface area contributed by atoms with Crippen molar-refractivity contribution in [2.45, 2.75) is 38.5 Å². The van der Waals surface area contributed by atoms with Crippen LogP contribution in [0.25, 0.3) is 0 Å². The summed E-state index contributed by atoms with van der Waals surface area (Å²) in [5.74, 6) is -0.157. The van der Waals surface area contributed by atoms with Gasteiger partial charge in [0.1, 0.15) is 0 Å². The Hall–Kier alpha value is -1.91. The average Bonchev–Trinajstić information content (AvgIpc) is 2.42. The molecule has 5 nitrogen and oxygen atoms in total. The first kappa shape index (κ1) is 15.1. The molecule has 0 saturated heterocycles. The van der Waals surface area contributed by atoms with Crippen molar-refractivity contribution >= 4 is 11.7 Å². The van der Waals surface area contributed by atoms with Crippen LogP contribution in [0.1, 0.15) is 37.7 Å². The molecule has 0 unspecified atom stereocenters. The van der Waals surface area contributed by atoms with Gasteiger partial charge in [0.05, 0.1) is 12.0 Å². The van der Waals surface area contributed by atoms with Crippen molar-refractivity contribution in [3.63, 3.8) is 0 Å². The fourth-order valence-electron chi connectivity index (χ4n) is 1.84. The average molecular weight is 265 g/mol. The predicted octanol–water partition coefficient (Wildman–Crippen LogP) is 3.26. The third-order valence-electron chi connectivity index (χ3n) is 2.97. The quantitative estimate of drug-likeness (QED) is 0.313. The maximum atomic E-state index is 10.9. The maximum absolute atomic E-state index is 10.9. The number of non-ortho nitro benzene ring substituents is 1. The SMILES string of the molecule is COC(=O)CCCCCCc1ccc([N+](=O)[O-])cc1. The minimum Gasteiger partial charge on any atom is -0.469 e. The van der Waals surface area contributed by atoms with Gasteiger partial charge in [-0.15, -0.1) is 0 Å². The van der Waals surface area contributed by atoms with Crippen molar-refractivity contribution in [2.24, 2.45) is 0 Å². The molecule has 0 radical (unpaired) electrons. The smallest absolute Gasteiger partial charge is 0.305 e. The molecule has 0 fully saturated rings. The standard InChI is InChI=1S/C14H19NO4/c1-19-14(16)7-5-3-2-4-6-12-8-10-13(11-9-12)15(17)18/h8-11H,2-7H2,1H3. The van der Waals surface area contributed by atoms with Crippen LogP contribution in [0.4, 0.5) is 5.69 Å². The number of hydrogen-bond donors (Lipinski definition) is 0. The summed E-state index contributed by atoms with van der Waals surface area (Å²) in [5.41, 5.74) is 1.24. The van der Waals surface area contributed by atoms with Gasteiger partial charge in [-0.05, 0) is 24.8 Å². The number of rotatable bonds is 8. The number of nitro groups is 1. The van der Waals surface area contributed by atoms with Crippen molar-refractivity contribution < 1.29 is 14.5 Å². The summed E-state index contributed by atoms with van der Waals surface area (Å²) in [6.07, 6.45) is 5.33. The lowest BCUT2D eigenvalue weighted by atomic mass is 10.1. The Morgan fingerprint density at radius 2 is 1.79 bits per heavy atom. The number of methoxy groups -OCH3 is 1. The van der Waals surface area contributed by atoms with Crippen LogP contribution in [0, 0.1) is 10.1 Å². The first-order valence-electron chi connectivity index (χ1n) is 6.43. The van der Waals surface area contributed by atoms with Gasteiger partial charge in [0.15, 0.2) is 0 Å². The number of aryl methyl sites for hydroxylation is 1. The normalized spacial score (nSPS) is 10.2. The number of nitrogens with zero attached hydrogens (tertiary/aromatic N) is 1. The van der Waals surface area contributed by atoms with Gasteiger partial charge in [0, 0.05) is 18.6 Å². The zero-order chi connectivity index (χ0) is 14.1. The fraction of sp³-hybridized carbons (Fsp3) is 0.500. The van der Waals surface area contributed by atoms with Crippen LogP contribution in [0.3, 0.4) is 0 Å². The molecular formula is C14H19NO4. The van der Waals surface area contributed by atoms with E-state index in [9.17, 15) is 14.9 Å². The zero-order valence-electron chi connectivity index (χ0n) is 11.1. The molecular weight excluding hydrogens is 246 g/mol. The lowest BCUT2D eigenvalue weighted by Gasteiger charge is -2.02. The number of ether oxygens (including phenoxy) is 1. The van der Waals surface area contributed by atoms with Gasteiger partial charge >= 0.3 is 5.97 Å². The number of unbranched alkanes of at least 4 members (excludes halogenated alkanes) is 3. The Morgan fingerprint density at radius 3 is 2.37 bits per heavy atom. The largest absolute Gasteiger partial charge is 0.469 e. The van der Waals surface area contributed by atoms with Gasteiger partial charge in [-0.3, -0.25) is 14.9 Å². The third-order valence-corrected chi connectivity index (χ3v) is 2.97. The fourth-order valence-corrected chi connectivity index (χ4v) is 1.84. The van der Waals surface area contributed by atoms with E-state index in [0.717, 1.165) is 37.7 Å². The summed E-state index contributed by atoms with van der Waals surface area (Å²) in [5, 5.41) is 10.5. The summed E-state index contributed by atoms with van der Waals surface area (Å²) >= 11 is 0. The summed E-state index contributed by atoms with van der Waals surface area (Å²) < 4.78 is 4.56. The lowest BCUT2D eigenvalue weighted by molar-refractivity contribution is -0.384. The minimum absolute atomic E-state index is 0.127. The highest BCUT2D eigenvalue weighted by molar-refractivity contribution is 5.68. The number of esters is 1. The van der Waals surface area contributed by atoms with E-state index in [1.54, 1.807) is 12.1 Å². The second-order valence-electron chi connectivity index (χ2n) is 4.41. The molecule has 0 atom stereocenters. The monoisotopic (exact) mass is 265 g/mol. The van der Waals surface area contributed by atoms with E-state index in [-0.39, 0.29) is 11.7 Å². The van der Waals surface area contributed by atoms with Gasteiger partial charge in [0.2, 0.25) is 0 Å². The van der Waals surface area contributed by atoms with Gasteiger partial charge in [-0.1, -0.05) is 25.0 Å². The molecule has 0 aliphatic carbocycles. The highest BCUT2D eigenvalue weighted by Gasteiger charge is 2.04. The van der Waals surface area contributed by atoms with Crippen LogP contribution in [-0.4, -0.2) is 18.0 Å². The molecule has 0 aliphatic rings. The molecule has 0 bridgehead atoms. The molecule has 1 aromatic rings. The van der Waals surface area contributed by atoms with Crippen molar-refractivity contribution in [3.8, 4) is 0 Å². The van der Waals surface area contributed by atoms with Gasteiger partial charge < -0.3 is 4.74 Å². The molecule has 19 heavy (non-hydrogen) atoms. The van der Waals surface area contributed by atoms with Crippen molar-refractivity contribution in [1.82, 2.24) is 0 Å². The third kappa shape index (κ3) is 5.99. The molecule has 0 aliphatic heterocycles. The van der Waals surface area contributed by atoms with E-state index in [4.69, 9.17) is 0 Å². The second kappa shape index (κ2) is 8.24. The van der Waals surface area contributed by atoms with Crippen molar-refractivity contribution in [1.29, 1.82) is 0 Å². The number of carbonyl (C=O) groups excluding carboxylic acids is 1. The van der Waals surface area contributed by atoms with E-state index >= 15 is 0 Å². The molecule has 5 heteroatoms. The van der Waals surface area contributed by atoms with Crippen LogP contribution in [0.2, 0.25) is 0 Å². The van der Waals surface area contributed by atoms with Crippen molar-refractivity contribution in [2.75, 3.05) is 7.11 Å². The van der Waals surface area contributed by atoms with E-state index in [1.807, 2.05) is 0 Å². The van der Waals surface area contributed by atoms with E-state index in [2.05, 4.69) is 4.74 Å². The van der Waals surface area contributed by atoms with Gasteiger partial charge in [0.25, 0.3) is 5.69 Å². The van der Waals surface area contributed by atoms with Crippen LogP contribution >= 0.6 is 0 Å². The molecule has 0 N–H and O–H groups in total. The van der Waals surface area contributed by atoms with E-state index in [0.29, 0.717) is 6.42 Å². The number of carbonyl (C=O) groups is 1. The summed E-state index contributed by atoms with van der Waals surface area (Å²) in [4.78, 5) is 21.0. The topological polar surface area (TPSA) is 69.4 Å². The highest BCUT2D eigenvalue weighted by atomic mass is 16.6. The second-order valence-corrected chi connectivity index (χ2v) is 4.41. The molecule has 1 aromatic carbocycles. The summed E-state index contributed by atoms with van der Waals surface area (Å²) in [6, 6.07) is 6.67.